The van der Waals surface area contributed by atoms with Gasteiger partial charge in [-0.3, -0.25) is 0 Å². The summed E-state index contributed by atoms with van der Waals surface area (Å²) in [6.07, 6.45) is -1.11. The van der Waals surface area contributed by atoms with E-state index >= 15 is 0 Å². The van der Waals surface area contributed by atoms with Gasteiger partial charge in [-0.2, -0.15) is 0 Å². The van der Waals surface area contributed by atoms with Crippen LogP contribution in [0, 0.1) is 0 Å². The summed E-state index contributed by atoms with van der Waals surface area (Å²) in [4.78, 5) is 38.7. The van der Waals surface area contributed by atoms with Crippen LogP contribution in [0.15, 0.2) is 104 Å². The minimum Gasteiger partial charge on any atom is -0.459 e. The lowest BCUT2D eigenvalue weighted by Gasteiger charge is -2.24. The Balaban J connectivity index is 1.57. The molecule has 8 nitrogen and oxygen atoms in total. The van der Waals surface area contributed by atoms with Gasteiger partial charge in [0.2, 0.25) is 0 Å². The maximum atomic E-state index is 13.0. The Morgan fingerprint density at radius 1 is 0.718 bits per heavy atom. The number of unbranched alkanes of at least 4 members (excludes halogenated alkanes) is 1. The van der Waals surface area contributed by atoms with Crippen LogP contribution in [0.4, 0.5) is 0 Å². The van der Waals surface area contributed by atoms with E-state index in [2.05, 4.69) is 6.58 Å². The Morgan fingerprint density at radius 3 is 1.72 bits per heavy atom. The lowest BCUT2D eigenvalue weighted by Crippen LogP contribution is -2.42. The molecule has 0 unspecified atom stereocenters. The predicted molar refractivity (Wildman–Crippen MR) is 142 cm³/mol. The zero-order valence-electron chi connectivity index (χ0n) is 21.3. The number of rotatable bonds is 12. The summed E-state index contributed by atoms with van der Waals surface area (Å²) >= 11 is 0. The van der Waals surface area contributed by atoms with Crippen LogP contribution in [0.3, 0.4) is 0 Å². The number of hydrogen-bond donors (Lipinski definition) is 0. The molecule has 0 N–H and O–H groups in total. The second-order valence-corrected chi connectivity index (χ2v) is 8.78. The van der Waals surface area contributed by atoms with Crippen molar-refractivity contribution in [2.75, 3.05) is 13.2 Å². The molecule has 4 rings (SSSR count). The lowest BCUT2D eigenvalue weighted by molar-refractivity contribution is -0.170. The van der Waals surface area contributed by atoms with Crippen LogP contribution in [0.25, 0.3) is 0 Å². The topological polar surface area (TPSA) is 97.4 Å². The molecular formula is C31H30O8. The van der Waals surface area contributed by atoms with Gasteiger partial charge in [0.15, 0.2) is 18.5 Å². The molecule has 39 heavy (non-hydrogen) atoms. The van der Waals surface area contributed by atoms with Crippen molar-refractivity contribution in [3.05, 3.63) is 120 Å². The van der Waals surface area contributed by atoms with E-state index in [0.29, 0.717) is 29.5 Å². The van der Waals surface area contributed by atoms with E-state index in [1.54, 1.807) is 97.1 Å². The van der Waals surface area contributed by atoms with Gasteiger partial charge in [0, 0.05) is 0 Å². The average molecular weight is 531 g/mol. The first-order chi connectivity index (χ1) is 19.1. The molecule has 0 aliphatic carbocycles. The molecular weight excluding hydrogens is 500 g/mol. The van der Waals surface area contributed by atoms with E-state index in [0.717, 1.165) is 0 Å². The summed E-state index contributed by atoms with van der Waals surface area (Å²) in [7, 11) is 0. The fourth-order valence-corrected chi connectivity index (χ4v) is 4.00. The highest BCUT2D eigenvalue weighted by atomic mass is 16.7. The summed E-state index contributed by atoms with van der Waals surface area (Å²) in [5.74, 6) is -1.84. The summed E-state index contributed by atoms with van der Waals surface area (Å²) in [5, 5.41) is 0. The van der Waals surface area contributed by atoms with Crippen molar-refractivity contribution >= 4 is 17.9 Å². The third kappa shape index (κ3) is 7.63. The minimum absolute atomic E-state index is 0.258. The van der Waals surface area contributed by atoms with Gasteiger partial charge in [-0.25, -0.2) is 14.4 Å². The Bertz CT molecular complexity index is 1230. The molecule has 0 saturated carbocycles. The van der Waals surface area contributed by atoms with Crippen molar-refractivity contribution in [1.29, 1.82) is 0 Å². The smallest absolute Gasteiger partial charge is 0.338 e. The largest absolute Gasteiger partial charge is 0.459 e. The number of benzene rings is 3. The van der Waals surface area contributed by atoms with Gasteiger partial charge in [0.1, 0.15) is 12.7 Å². The first-order valence-corrected chi connectivity index (χ1v) is 12.7. The highest BCUT2D eigenvalue weighted by Crippen LogP contribution is 2.30. The number of esters is 3. The van der Waals surface area contributed by atoms with Crippen LogP contribution in [-0.2, 0) is 23.7 Å². The Morgan fingerprint density at radius 2 is 1.21 bits per heavy atom. The summed E-state index contributed by atoms with van der Waals surface area (Å²) < 4.78 is 29.1. The first-order valence-electron chi connectivity index (χ1n) is 12.7. The third-order valence-corrected chi connectivity index (χ3v) is 6.00. The molecule has 1 fully saturated rings. The van der Waals surface area contributed by atoms with Crippen LogP contribution in [0.1, 0.15) is 43.9 Å². The Hall–Kier alpha value is -4.27. The zero-order valence-corrected chi connectivity index (χ0v) is 21.3. The first kappa shape index (κ1) is 27.8. The van der Waals surface area contributed by atoms with E-state index in [9.17, 15) is 14.4 Å². The zero-order chi connectivity index (χ0) is 27.5. The van der Waals surface area contributed by atoms with Gasteiger partial charge in [-0.05, 0) is 49.2 Å². The molecule has 4 atom stereocenters. The molecule has 8 heteroatoms. The number of allylic oxidation sites excluding steroid dienone is 1. The SMILES string of the molecule is C=CCCCO[C@H]1O[C@H](COC(=O)c2ccccc2)[C@@H](OC(=O)c2ccccc2)[C@@H]1OC(=O)c1ccccc1. The van der Waals surface area contributed by atoms with E-state index in [-0.39, 0.29) is 13.2 Å². The van der Waals surface area contributed by atoms with Crippen LogP contribution in [-0.4, -0.2) is 55.7 Å². The van der Waals surface area contributed by atoms with Gasteiger partial charge < -0.3 is 23.7 Å². The molecule has 1 aliphatic rings. The molecule has 1 aliphatic heterocycles. The Kier molecular flexibility index (Phi) is 9.99. The number of ether oxygens (including phenoxy) is 5. The molecule has 3 aromatic carbocycles. The Labute approximate surface area is 227 Å². The third-order valence-electron chi connectivity index (χ3n) is 6.00. The second kappa shape index (κ2) is 14.0. The van der Waals surface area contributed by atoms with Crippen molar-refractivity contribution in [3.63, 3.8) is 0 Å². The molecule has 0 bridgehead atoms. The predicted octanol–water partition coefficient (Wildman–Crippen LogP) is 5.00. The van der Waals surface area contributed by atoms with Crippen LogP contribution >= 0.6 is 0 Å². The van der Waals surface area contributed by atoms with Crippen molar-refractivity contribution in [3.8, 4) is 0 Å². The maximum absolute atomic E-state index is 13.0. The number of carbonyl (C=O) groups excluding carboxylic acids is 3. The van der Waals surface area contributed by atoms with Crippen molar-refractivity contribution in [2.24, 2.45) is 0 Å². The molecule has 0 radical (unpaired) electrons. The summed E-state index contributed by atoms with van der Waals surface area (Å²) in [5.41, 5.74) is 0.980. The monoisotopic (exact) mass is 530 g/mol. The molecule has 0 amide bonds. The fraction of sp³-hybridized carbons (Fsp3) is 0.258. The normalized spacial score (nSPS) is 20.1. The van der Waals surface area contributed by atoms with Gasteiger partial charge in [-0.1, -0.05) is 60.7 Å². The summed E-state index contributed by atoms with van der Waals surface area (Å²) in [6.45, 7) is 3.73. The maximum Gasteiger partial charge on any atom is 0.338 e. The van der Waals surface area contributed by atoms with Gasteiger partial charge >= 0.3 is 17.9 Å². The fourth-order valence-electron chi connectivity index (χ4n) is 4.00. The molecule has 0 spiro atoms. The van der Waals surface area contributed by atoms with Crippen LogP contribution < -0.4 is 0 Å². The van der Waals surface area contributed by atoms with Crippen molar-refractivity contribution in [1.82, 2.24) is 0 Å². The second-order valence-electron chi connectivity index (χ2n) is 8.78. The van der Waals surface area contributed by atoms with E-state index in [1.165, 1.54) is 0 Å². The molecule has 0 aromatic heterocycles. The van der Waals surface area contributed by atoms with Crippen molar-refractivity contribution < 1.29 is 38.1 Å². The number of hydrogen-bond acceptors (Lipinski definition) is 8. The van der Waals surface area contributed by atoms with Gasteiger partial charge in [-0.15, -0.1) is 6.58 Å². The molecule has 202 valence electrons. The minimum atomic E-state index is -1.12. The summed E-state index contributed by atoms with van der Waals surface area (Å²) in [6, 6.07) is 25.3. The number of carbonyl (C=O) groups is 3. The molecule has 3 aromatic rings. The lowest BCUT2D eigenvalue weighted by atomic mass is 10.1. The van der Waals surface area contributed by atoms with Gasteiger partial charge in [0.25, 0.3) is 0 Å². The molecule has 1 heterocycles. The van der Waals surface area contributed by atoms with E-state index < -0.39 is 42.5 Å². The van der Waals surface area contributed by atoms with Crippen LogP contribution in [0.5, 0.6) is 0 Å². The van der Waals surface area contributed by atoms with Crippen molar-refractivity contribution in [2.45, 2.75) is 37.4 Å². The highest BCUT2D eigenvalue weighted by Gasteiger charge is 2.51. The average Bonchev–Trinajstić information content (AvgIpc) is 3.30. The van der Waals surface area contributed by atoms with Crippen LogP contribution in [0.2, 0.25) is 0 Å². The molecule has 1 saturated heterocycles. The quantitative estimate of drug-likeness (QED) is 0.140. The van der Waals surface area contributed by atoms with E-state index in [1.807, 2.05) is 0 Å². The highest BCUT2D eigenvalue weighted by molar-refractivity contribution is 5.91. The van der Waals surface area contributed by atoms with E-state index in [4.69, 9.17) is 23.7 Å². The van der Waals surface area contributed by atoms with Gasteiger partial charge in [0.05, 0.1) is 23.3 Å². The standard InChI is InChI=1S/C31H30O8/c1-2-3-13-20-35-31-27(39-30(34)24-18-11-6-12-19-24)26(38-29(33)23-16-9-5-10-17-23)25(37-31)21-36-28(32)22-14-7-4-8-15-22/h2,4-12,14-19,25-27,31H,1,3,13,20-21H2/t25-,26-,27+,31+/m1/s1.